The van der Waals surface area contributed by atoms with Crippen LogP contribution in [-0.4, -0.2) is 74.3 Å². The number of guanidine groups is 1. The van der Waals surface area contributed by atoms with Gasteiger partial charge in [-0.2, -0.15) is 11.8 Å². The molecule has 0 aliphatic carbocycles. The number of piperidine rings is 1. The average Bonchev–Trinajstić information content (AvgIpc) is 2.65. The van der Waals surface area contributed by atoms with Crippen LogP contribution in [0.25, 0.3) is 0 Å². The third kappa shape index (κ3) is 7.81. The first-order chi connectivity index (χ1) is 11.7. The van der Waals surface area contributed by atoms with Gasteiger partial charge in [0.2, 0.25) is 0 Å². The van der Waals surface area contributed by atoms with Crippen molar-refractivity contribution in [2.45, 2.75) is 56.2 Å². The molecule has 25 heavy (non-hydrogen) atoms. The van der Waals surface area contributed by atoms with Crippen LogP contribution >= 0.6 is 35.7 Å². The maximum Gasteiger partial charge on any atom is 0.191 e. The lowest BCUT2D eigenvalue weighted by Crippen LogP contribution is -2.52. The molecule has 2 aliphatic rings. The van der Waals surface area contributed by atoms with Crippen molar-refractivity contribution < 1.29 is 4.74 Å². The number of nitrogens with one attached hydrogen (secondary N) is 2. The first kappa shape index (κ1) is 23.3. The number of halogens is 1. The summed E-state index contributed by atoms with van der Waals surface area (Å²) in [5.41, 5.74) is 0. The Balaban J connectivity index is 0.00000312. The second-order valence-electron chi connectivity index (χ2n) is 7.04. The maximum atomic E-state index is 5.53. The molecule has 148 valence electrons. The van der Waals surface area contributed by atoms with Crippen LogP contribution in [0.5, 0.6) is 0 Å². The van der Waals surface area contributed by atoms with Gasteiger partial charge >= 0.3 is 0 Å². The second kappa shape index (κ2) is 12.6. The fourth-order valence-electron chi connectivity index (χ4n) is 3.51. The molecule has 0 spiro atoms. The molecule has 0 saturated carbocycles. The Morgan fingerprint density at radius 1 is 1.28 bits per heavy atom. The van der Waals surface area contributed by atoms with Gasteiger partial charge in [-0.25, -0.2) is 0 Å². The van der Waals surface area contributed by atoms with Crippen molar-refractivity contribution in [3.8, 4) is 0 Å². The predicted molar refractivity (Wildman–Crippen MR) is 121 cm³/mol. The summed E-state index contributed by atoms with van der Waals surface area (Å²) >= 11 is 1.97. The molecule has 0 unspecified atom stereocenters. The molecule has 5 nitrogen and oxygen atoms in total. The molecule has 2 rings (SSSR count). The lowest BCUT2D eigenvalue weighted by atomic mass is 9.99. The normalized spacial score (nSPS) is 22.3. The minimum Gasteiger partial charge on any atom is -0.381 e. The highest BCUT2D eigenvalue weighted by Crippen LogP contribution is 2.32. The zero-order valence-corrected chi connectivity index (χ0v) is 19.3. The summed E-state index contributed by atoms with van der Waals surface area (Å²) < 4.78 is 5.82. The van der Waals surface area contributed by atoms with Crippen LogP contribution < -0.4 is 10.6 Å². The van der Waals surface area contributed by atoms with Gasteiger partial charge in [0, 0.05) is 50.7 Å². The quantitative estimate of drug-likeness (QED) is 0.331. The molecule has 0 amide bonds. The molecule has 0 aromatic rings. The molecule has 0 aromatic carbocycles. The topological polar surface area (TPSA) is 48.9 Å². The number of hydrogen-bond donors (Lipinski definition) is 2. The van der Waals surface area contributed by atoms with Gasteiger partial charge in [-0.1, -0.05) is 13.3 Å². The lowest BCUT2D eigenvalue weighted by molar-refractivity contribution is 0.0782. The molecule has 0 atom stereocenters. The first-order valence-corrected chi connectivity index (χ1v) is 10.8. The first-order valence-electron chi connectivity index (χ1n) is 9.54. The summed E-state index contributed by atoms with van der Waals surface area (Å²) in [6.07, 6.45) is 9.49. The van der Waals surface area contributed by atoms with Gasteiger partial charge in [0.05, 0.1) is 0 Å². The maximum absolute atomic E-state index is 5.53. The predicted octanol–water partition coefficient (Wildman–Crippen LogP) is 2.95. The van der Waals surface area contributed by atoms with Gasteiger partial charge in [0.25, 0.3) is 0 Å². The smallest absolute Gasteiger partial charge is 0.191 e. The molecule has 2 aliphatic heterocycles. The highest BCUT2D eigenvalue weighted by molar-refractivity contribution is 14.0. The summed E-state index contributed by atoms with van der Waals surface area (Å²) in [4.78, 5) is 7.04. The van der Waals surface area contributed by atoms with Crippen molar-refractivity contribution in [3.05, 3.63) is 0 Å². The molecule has 2 heterocycles. The van der Waals surface area contributed by atoms with Gasteiger partial charge in [0.15, 0.2) is 5.96 Å². The van der Waals surface area contributed by atoms with E-state index in [0.717, 1.165) is 38.6 Å². The summed E-state index contributed by atoms with van der Waals surface area (Å²) in [5, 5.41) is 7.21. The molecule has 2 saturated heterocycles. The van der Waals surface area contributed by atoms with Crippen LogP contribution in [0.15, 0.2) is 4.99 Å². The van der Waals surface area contributed by atoms with E-state index in [1.807, 2.05) is 18.8 Å². The third-order valence-electron chi connectivity index (χ3n) is 5.39. The molecule has 0 aromatic heterocycles. The number of likely N-dealkylation sites (tertiary alicyclic amines) is 1. The molecule has 2 fully saturated rings. The van der Waals surface area contributed by atoms with Crippen LogP contribution in [0.1, 0.15) is 45.4 Å². The number of ether oxygens (including phenoxy) is 1. The number of nitrogens with zero attached hydrogens (tertiary/aromatic N) is 2. The number of thioether (sulfide) groups is 1. The average molecular weight is 484 g/mol. The fourth-order valence-corrected chi connectivity index (χ4v) is 4.30. The van der Waals surface area contributed by atoms with Crippen molar-refractivity contribution in [3.63, 3.8) is 0 Å². The Morgan fingerprint density at radius 3 is 2.52 bits per heavy atom. The van der Waals surface area contributed by atoms with E-state index in [1.54, 1.807) is 0 Å². The van der Waals surface area contributed by atoms with Crippen LogP contribution in [0.2, 0.25) is 0 Å². The standard InChI is InChI=1S/C18H36N4OS.HI/c1-4-5-10-22-11-6-16(7-12-22)21-17(19-2)20-15-18(24-3)8-13-23-14-9-18;/h16H,4-15H2,1-3H3,(H2,19,20,21);1H. The van der Waals surface area contributed by atoms with Crippen molar-refractivity contribution in [1.29, 1.82) is 0 Å². The van der Waals surface area contributed by atoms with Gasteiger partial charge in [-0.05, 0) is 44.9 Å². The van der Waals surface area contributed by atoms with Gasteiger partial charge in [0.1, 0.15) is 0 Å². The summed E-state index contributed by atoms with van der Waals surface area (Å²) in [6, 6.07) is 0.550. The van der Waals surface area contributed by atoms with Crippen molar-refractivity contribution >= 4 is 41.7 Å². The zero-order chi connectivity index (χ0) is 17.3. The summed E-state index contributed by atoms with van der Waals surface area (Å²) in [5.74, 6) is 0.960. The Bertz CT molecular complexity index is 383. The molecule has 0 bridgehead atoms. The fraction of sp³-hybridized carbons (Fsp3) is 0.944. The van der Waals surface area contributed by atoms with E-state index in [4.69, 9.17) is 4.74 Å². The van der Waals surface area contributed by atoms with Crippen molar-refractivity contribution in [2.75, 3.05) is 52.7 Å². The number of unbranched alkanes of at least 4 members (excludes halogenated alkanes) is 1. The van der Waals surface area contributed by atoms with Crippen LogP contribution in [-0.2, 0) is 4.74 Å². The largest absolute Gasteiger partial charge is 0.381 e. The van der Waals surface area contributed by atoms with E-state index in [9.17, 15) is 0 Å². The highest BCUT2D eigenvalue weighted by atomic mass is 127. The Hall–Kier alpha value is 0.270. The van der Waals surface area contributed by atoms with E-state index in [2.05, 4.69) is 33.7 Å². The van der Waals surface area contributed by atoms with Gasteiger partial charge < -0.3 is 20.3 Å². The van der Waals surface area contributed by atoms with Crippen LogP contribution in [0, 0.1) is 0 Å². The molecule has 0 radical (unpaired) electrons. The van der Waals surface area contributed by atoms with Crippen molar-refractivity contribution in [2.24, 2.45) is 4.99 Å². The third-order valence-corrected chi connectivity index (χ3v) is 6.81. The van der Waals surface area contributed by atoms with Crippen LogP contribution in [0.3, 0.4) is 0 Å². The molecular weight excluding hydrogens is 447 g/mol. The van der Waals surface area contributed by atoms with Crippen molar-refractivity contribution in [1.82, 2.24) is 15.5 Å². The number of hydrogen-bond acceptors (Lipinski definition) is 4. The van der Waals surface area contributed by atoms with E-state index in [0.29, 0.717) is 10.8 Å². The minimum absolute atomic E-state index is 0. The number of rotatable bonds is 7. The van der Waals surface area contributed by atoms with E-state index < -0.39 is 0 Å². The molecular formula is C18H37IN4OS. The van der Waals surface area contributed by atoms with Crippen LogP contribution in [0.4, 0.5) is 0 Å². The van der Waals surface area contributed by atoms with E-state index in [-0.39, 0.29) is 24.0 Å². The lowest BCUT2D eigenvalue weighted by Gasteiger charge is -2.37. The highest BCUT2D eigenvalue weighted by Gasteiger charge is 2.32. The molecule has 2 N–H and O–H groups in total. The number of aliphatic imine (C=N–C) groups is 1. The zero-order valence-electron chi connectivity index (χ0n) is 16.2. The minimum atomic E-state index is 0. The monoisotopic (exact) mass is 484 g/mol. The molecule has 7 heteroatoms. The second-order valence-corrected chi connectivity index (χ2v) is 8.31. The van der Waals surface area contributed by atoms with E-state index in [1.165, 1.54) is 45.3 Å². The van der Waals surface area contributed by atoms with E-state index >= 15 is 0 Å². The summed E-state index contributed by atoms with van der Waals surface area (Å²) in [7, 11) is 1.88. The van der Waals surface area contributed by atoms with Gasteiger partial charge in [-0.15, -0.1) is 24.0 Å². The summed E-state index contributed by atoms with van der Waals surface area (Å²) in [6.45, 7) is 8.67. The Labute approximate surface area is 175 Å². The van der Waals surface area contributed by atoms with Gasteiger partial charge in [-0.3, -0.25) is 4.99 Å². The Morgan fingerprint density at radius 2 is 1.96 bits per heavy atom. The Kier molecular flexibility index (Phi) is 11.8. The SMILES string of the molecule is CCCCN1CCC(NC(=NC)NCC2(SC)CCOCC2)CC1.I.